The van der Waals surface area contributed by atoms with E-state index in [0.29, 0.717) is 36.9 Å². The van der Waals surface area contributed by atoms with Crippen LogP contribution in [0.3, 0.4) is 0 Å². The van der Waals surface area contributed by atoms with Gasteiger partial charge in [-0.25, -0.2) is 0 Å². The summed E-state index contributed by atoms with van der Waals surface area (Å²) in [5.74, 6) is 1.11. The van der Waals surface area contributed by atoms with Crippen LogP contribution in [-0.4, -0.2) is 47.6 Å². The number of nitrogens with zero attached hydrogens (tertiary/aromatic N) is 1. The lowest BCUT2D eigenvalue weighted by Crippen LogP contribution is -2.43. The molecule has 5 rings (SSSR count). The maximum absolute atomic E-state index is 13.0. The Balaban J connectivity index is 1.22. The molecule has 0 spiro atoms. The van der Waals surface area contributed by atoms with Crippen LogP contribution in [0.1, 0.15) is 55.8 Å². The normalized spacial score (nSPS) is 28.1. The Hall–Kier alpha value is -2.08. The van der Waals surface area contributed by atoms with Crippen LogP contribution in [0.15, 0.2) is 18.2 Å². The molecule has 2 N–H and O–H groups in total. The third-order valence-electron chi connectivity index (χ3n) is 7.04. The van der Waals surface area contributed by atoms with Crippen molar-refractivity contribution in [2.24, 2.45) is 11.3 Å². The summed E-state index contributed by atoms with van der Waals surface area (Å²) < 4.78 is 5.65. The highest BCUT2D eigenvalue weighted by Crippen LogP contribution is 2.63. The van der Waals surface area contributed by atoms with E-state index in [1.807, 2.05) is 12.1 Å². The van der Waals surface area contributed by atoms with Crippen molar-refractivity contribution in [3.05, 3.63) is 29.3 Å². The van der Waals surface area contributed by atoms with E-state index in [4.69, 9.17) is 4.74 Å². The van der Waals surface area contributed by atoms with Crippen LogP contribution in [0.5, 0.6) is 5.75 Å². The molecule has 28 heavy (non-hydrogen) atoms. The van der Waals surface area contributed by atoms with E-state index in [1.165, 1.54) is 6.42 Å². The molecule has 1 unspecified atom stereocenters. The highest BCUT2D eigenvalue weighted by atomic mass is 16.5. The Bertz CT molecular complexity index is 806. The number of amides is 2. The van der Waals surface area contributed by atoms with E-state index in [-0.39, 0.29) is 23.3 Å². The fraction of sp³-hybridized carbons (Fsp3) is 0.636. The van der Waals surface area contributed by atoms with Crippen LogP contribution in [0.4, 0.5) is 0 Å². The third kappa shape index (κ3) is 2.98. The minimum absolute atomic E-state index is 0.101. The number of nitrogens with one attached hydrogen (secondary N) is 1. The summed E-state index contributed by atoms with van der Waals surface area (Å²) in [6, 6.07) is 5.79. The summed E-state index contributed by atoms with van der Waals surface area (Å²) in [5.41, 5.74) is 1.50. The Labute approximate surface area is 165 Å². The Kier molecular flexibility index (Phi) is 4.34. The van der Waals surface area contributed by atoms with Crippen molar-refractivity contribution in [3.8, 4) is 5.75 Å². The summed E-state index contributed by atoms with van der Waals surface area (Å²) >= 11 is 0. The molecule has 4 aliphatic rings. The molecule has 1 aliphatic heterocycles. The number of ether oxygens (including phenoxy) is 1. The van der Waals surface area contributed by atoms with Crippen LogP contribution < -0.4 is 10.1 Å². The van der Waals surface area contributed by atoms with Gasteiger partial charge in [-0.2, -0.15) is 0 Å². The van der Waals surface area contributed by atoms with Crippen molar-refractivity contribution in [2.45, 2.75) is 57.1 Å². The first kappa shape index (κ1) is 18.0. The first-order valence-electron chi connectivity index (χ1n) is 10.6. The van der Waals surface area contributed by atoms with Gasteiger partial charge in [-0.05, 0) is 43.6 Å². The SMILES string of the molecule is O=C(C(O)c1cccc2c1OCC2)N(CCNC(=O)[C@@]12CCC[C@@H]1C2)C1CC1. The zero-order chi connectivity index (χ0) is 19.3. The summed E-state index contributed by atoms with van der Waals surface area (Å²) in [4.78, 5) is 27.3. The second kappa shape index (κ2) is 6.76. The molecule has 2 amide bonds. The first-order chi connectivity index (χ1) is 13.6. The molecule has 3 saturated carbocycles. The minimum Gasteiger partial charge on any atom is -0.493 e. The second-order valence-corrected chi connectivity index (χ2v) is 8.80. The Morgan fingerprint density at radius 3 is 2.89 bits per heavy atom. The molecule has 3 fully saturated rings. The van der Waals surface area contributed by atoms with E-state index in [0.717, 1.165) is 44.1 Å². The van der Waals surface area contributed by atoms with Gasteiger partial charge >= 0.3 is 0 Å². The fourth-order valence-corrected chi connectivity index (χ4v) is 5.19. The van der Waals surface area contributed by atoms with E-state index >= 15 is 0 Å². The first-order valence-corrected chi connectivity index (χ1v) is 10.6. The van der Waals surface area contributed by atoms with Gasteiger partial charge in [0.2, 0.25) is 5.91 Å². The van der Waals surface area contributed by atoms with Crippen LogP contribution in [-0.2, 0) is 16.0 Å². The molecule has 6 heteroatoms. The Morgan fingerprint density at radius 2 is 2.18 bits per heavy atom. The van der Waals surface area contributed by atoms with Crippen molar-refractivity contribution in [3.63, 3.8) is 0 Å². The zero-order valence-corrected chi connectivity index (χ0v) is 16.2. The molecule has 6 nitrogen and oxygen atoms in total. The van der Waals surface area contributed by atoms with E-state index in [9.17, 15) is 14.7 Å². The van der Waals surface area contributed by atoms with Crippen molar-refractivity contribution in [1.29, 1.82) is 0 Å². The topological polar surface area (TPSA) is 78.9 Å². The van der Waals surface area contributed by atoms with Gasteiger partial charge in [0.05, 0.1) is 12.0 Å². The molecule has 0 saturated heterocycles. The van der Waals surface area contributed by atoms with Gasteiger partial charge in [-0.3, -0.25) is 9.59 Å². The molecule has 0 aromatic heterocycles. The molecule has 1 heterocycles. The molecular formula is C22H28N2O4. The predicted octanol–water partition coefficient (Wildman–Crippen LogP) is 1.95. The predicted molar refractivity (Wildman–Crippen MR) is 103 cm³/mol. The summed E-state index contributed by atoms with van der Waals surface area (Å²) in [6.45, 7) is 1.49. The number of para-hydroxylation sites is 1. The van der Waals surface area contributed by atoms with Gasteiger partial charge in [0.25, 0.3) is 5.91 Å². The second-order valence-electron chi connectivity index (χ2n) is 8.80. The summed E-state index contributed by atoms with van der Waals surface area (Å²) in [6.07, 6.45) is 5.88. The molecule has 150 valence electrons. The molecule has 0 bridgehead atoms. The van der Waals surface area contributed by atoms with Gasteiger partial charge in [-0.15, -0.1) is 0 Å². The highest BCUT2D eigenvalue weighted by molar-refractivity contribution is 5.86. The summed E-state index contributed by atoms with van der Waals surface area (Å²) in [7, 11) is 0. The maximum Gasteiger partial charge on any atom is 0.256 e. The lowest BCUT2D eigenvalue weighted by atomic mass is 10.0. The number of hydrogen-bond donors (Lipinski definition) is 2. The summed E-state index contributed by atoms with van der Waals surface area (Å²) in [5, 5.41) is 13.8. The van der Waals surface area contributed by atoms with Gasteiger partial charge in [0.15, 0.2) is 6.10 Å². The fourth-order valence-electron chi connectivity index (χ4n) is 5.19. The molecule has 1 aromatic rings. The van der Waals surface area contributed by atoms with Crippen LogP contribution in [0.25, 0.3) is 0 Å². The number of aliphatic hydroxyl groups excluding tert-OH is 1. The molecule has 3 atom stereocenters. The number of rotatable bonds is 7. The van der Waals surface area contributed by atoms with Crippen LogP contribution >= 0.6 is 0 Å². The van der Waals surface area contributed by atoms with Crippen molar-refractivity contribution < 1.29 is 19.4 Å². The molecular weight excluding hydrogens is 356 g/mol. The monoisotopic (exact) mass is 384 g/mol. The van der Waals surface area contributed by atoms with Crippen molar-refractivity contribution in [2.75, 3.05) is 19.7 Å². The largest absolute Gasteiger partial charge is 0.493 e. The lowest BCUT2D eigenvalue weighted by Gasteiger charge is -2.26. The number of benzene rings is 1. The smallest absolute Gasteiger partial charge is 0.256 e. The zero-order valence-electron chi connectivity index (χ0n) is 16.2. The van der Waals surface area contributed by atoms with Crippen LogP contribution in [0, 0.1) is 11.3 Å². The van der Waals surface area contributed by atoms with Gasteiger partial charge in [-0.1, -0.05) is 24.6 Å². The maximum atomic E-state index is 13.0. The van der Waals surface area contributed by atoms with Gasteiger partial charge < -0.3 is 20.1 Å². The number of aliphatic hydroxyl groups is 1. The molecule has 1 aromatic carbocycles. The van der Waals surface area contributed by atoms with E-state index in [2.05, 4.69) is 5.32 Å². The van der Waals surface area contributed by atoms with E-state index < -0.39 is 6.10 Å². The molecule has 0 radical (unpaired) electrons. The van der Waals surface area contributed by atoms with Crippen molar-refractivity contribution in [1.82, 2.24) is 10.2 Å². The molecule has 3 aliphatic carbocycles. The van der Waals surface area contributed by atoms with Crippen LogP contribution in [0.2, 0.25) is 0 Å². The number of carbonyl (C=O) groups excluding carboxylic acids is 2. The Morgan fingerprint density at radius 1 is 1.32 bits per heavy atom. The quantitative estimate of drug-likeness (QED) is 0.753. The standard InChI is InChI=1S/C22H28N2O4/c25-18(17-5-1-3-14-8-12-28-19(14)17)20(26)24(16-6-7-16)11-10-23-21(27)22-9-2-4-15(22)13-22/h1,3,5,15-16,18,25H,2,4,6-13H2,(H,23,27)/t15-,18?,22-/m1/s1. The average Bonchev–Trinajstić information content (AvgIpc) is 3.58. The van der Waals surface area contributed by atoms with Gasteiger partial charge in [0.1, 0.15) is 5.75 Å². The van der Waals surface area contributed by atoms with E-state index in [1.54, 1.807) is 11.0 Å². The number of fused-ring (bicyclic) bond motifs is 2. The van der Waals surface area contributed by atoms with Gasteiger partial charge in [0, 0.05) is 31.1 Å². The average molecular weight is 384 g/mol. The highest BCUT2D eigenvalue weighted by Gasteiger charge is 2.61. The van der Waals surface area contributed by atoms with Crippen molar-refractivity contribution >= 4 is 11.8 Å². The minimum atomic E-state index is -1.22. The number of carbonyl (C=O) groups is 2. The lowest BCUT2D eigenvalue weighted by molar-refractivity contribution is -0.141. The number of hydrogen-bond acceptors (Lipinski definition) is 4. The third-order valence-corrected chi connectivity index (χ3v) is 7.04.